The predicted molar refractivity (Wildman–Crippen MR) is 152 cm³/mol. The number of hydrogen-bond acceptors (Lipinski definition) is 6. The molecule has 0 fully saturated rings. The Labute approximate surface area is 224 Å². The number of nitrogens with zero attached hydrogens (tertiary/aromatic N) is 4. The Morgan fingerprint density at radius 3 is 1.87 bits per heavy atom. The van der Waals surface area contributed by atoms with Crippen LogP contribution in [-0.4, -0.2) is 59.7 Å². The van der Waals surface area contributed by atoms with Crippen LogP contribution in [0.1, 0.15) is 17.5 Å². The number of aliphatic hydroxyl groups excluding tert-OH is 2. The standard InChI is InChI=1S/C32H34N4O2/c37-22-20-33-24-35(30-18-9-3-8-16-28(30)33)32(26-12-4-1-5-13-26,27-14-6-2-7-15-27)36-25-34(21-23-38)29-17-10-11-19-31(29)36/h1-15,17-19,37-38H,16,20-25H2. The Hall–Kier alpha value is -4.00. The third-order valence-electron chi connectivity index (χ3n) is 7.79. The highest BCUT2D eigenvalue weighted by Crippen LogP contribution is 2.51. The van der Waals surface area contributed by atoms with E-state index in [1.807, 2.05) is 0 Å². The van der Waals surface area contributed by atoms with Gasteiger partial charge in [0.15, 0.2) is 5.66 Å². The summed E-state index contributed by atoms with van der Waals surface area (Å²) in [6.45, 7) is 2.59. The molecule has 0 bridgehead atoms. The highest BCUT2D eigenvalue weighted by atomic mass is 16.3. The number of rotatable bonds is 8. The van der Waals surface area contributed by atoms with Crippen molar-refractivity contribution >= 4 is 11.4 Å². The van der Waals surface area contributed by atoms with E-state index in [-0.39, 0.29) is 13.2 Å². The molecule has 6 nitrogen and oxygen atoms in total. The van der Waals surface area contributed by atoms with Crippen LogP contribution in [0.25, 0.3) is 0 Å². The topological polar surface area (TPSA) is 53.4 Å². The van der Waals surface area contributed by atoms with Crippen LogP contribution in [0, 0.1) is 0 Å². The molecule has 3 aliphatic rings. The fraction of sp³-hybridized carbons (Fsp3) is 0.250. The molecule has 194 valence electrons. The third-order valence-corrected chi connectivity index (χ3v) is 7.79. The van der Waals surface area contributed by atoms with E-state index in [0.717, 1.165) is 34.6 Å². The fourth-order valence-corrected chi connectivity index (χ4v) is 6.23. The van der Waals surface area contributed by atoms with Gasteiger partial charge in [-0.05, 0) is 18.2 Å². The molecule has 2 heterocycles. The van der Waals surface area contributed by atoms with Gasteiger partial charge in [-0.1, -0.05) is 91.0 Å². The molecule has 0 spiro atoms. The second-order valence-electron chi connectivity index (χ2n) is 9.83. The zero-order valence-electron chi connectivity index (χ0n) is 21.5. The fourth-order valence-electron chi connectivity index (χ4n) is 6.23. The molecule has 2 aliphatic heterocycles. The Kier molecular flexibility index (Phi) is 6.66. The van der Waals surface area contributed by atoms with E-state index in [2.05, 4.69) is 129 Å². The molecule has 0 radical (unpaired) electrons. The summed E-state index contributed by atoms with van der Waals surface area (Å²) in [5.41, 5.74) is 6.27. The average Bonchev–Trinajstić information content (AvgIpc) is 3.38. The minimum Gasteiger partial charge on any atom is -0.395 e. The maximum atomic E-state index is 9.99. The van der Waals surface area contributed by atoms with Crippen molar-refractivity contribution in [3.63, 3.8) is 0 Å². The third kappa shape index (κ3) is 3.88. The van der Waals surface area contributed by atoms with Gasteiger partial charge in [0.25, 0.3) is 0 Å². The van der Waals surface area contributed by atoms with Crippen LogP contribution in [0.2, 0.25) is 0 Å². The summed E-state index contributed by atoms with van der Waals surface area (Å²) < 4.78 is 0. The first-order valence-electron chi connectivity index (χ1n) is 13.3. The number of benzene rings is 3. The molecular formula is C32H34N4O2. The lowest BCUT2D eigenvalue weighted by atomic mass is 9.87. The summed E-state index contributed by atoms with van der Waals surface area (Å²) in [6, 6.07) is 30.0. The molecule has 0 amide bonds. The van der Waals surface area contributed by atoms with Gasteiger partial charge in [-0.15, -0.1) is 0 Å². The summed E-state index contributed by atoms with van der Waals surface area (Å²) in [7, 11) is 0. The maximum absolute atomic E-state index is 9.99. The van der Waals surface area contributed by atoms with E-state index in [0.29, 0.717) is 26.4 Å². The van der Waals surface area contributed by atoms with Crippen molar-refractivity contribution in [1.29, 1.82) is 0 Å². The summed E-state index contributed by atoms with van der Waals surface area (Å²) in [5, 5.41) is 19.9. The number of hydrogen-bond donors (Lipinski definition) is 2. The summed E-state index contributed by atoms with van der Waals surface area (Å²) >= 11 is 0. The van der Waals surface area contributed by atoms with Gasteiger partial charge in [-0.2, -0.15) is 0 Å². The molecule has 1 aliphatic carbocycles. The van der Waals surface area contributed by atoms with Crippen molar-refractivity contribution < 1.29 is 10.2 Å². The normalized spacial score (nSPS) is 16.8. The molecule has 3 aromatic carbocycles. The van der Waals surface area contributed by atoms with Gasteiger partial charge in [-0.25, -0.2) is 0 Å². The number of anilines is 2. The first-order valence-corrected chi connectivity index (χ1v) is 13.3. The molecule has 0 unspecified atom stereocenters. The van der Waals surface area contributed by atoms with Crippen LogP contribution in [-0.2, 0) is 5.66 Å². The lowest BCUT2D eigenvalue weighted by molar-refractivity contribution is 0.121. The minimum atomic E-state index is -0.692. The highest BCUT2D eigenvalue weighted by Gasteiger charge is 2.52. The van der Waals surface area contributed by atoms with Crippen molar-refractivity contribution in [2.45, 2.75) is 12.1 Å². The van der Waals surface area contributed by atoms with Gasteiger partial charge in [0, 0.05) is 36.3 Å². The molecule has 2 N–H and O–H groups in total. The van der Waals surface area contributed by atoms with Crippen LogP contribution in [0.3, 0.4) is 0 Å². The first-order chi connectivity index (χ1) is 18.8. The molecule has 0 saturated carbocycles. The summed E-state index contributed by atoms with van der Waals surface area (Å²) in [5.74, 6) is 0. The van der Waals surface area contributed by atoms with Crippen LogP contribution in [0.5, 0.6) is 0 Å². The number of allylic oxidation sites excluding steroid dienone is 4. The smallest absolute Gasteiger partial charge is 0.169 e. The molecule has 0 atom stereocenters. The average molecular weight is 507 g/mol. The number of fused-ring (bicyclic) bond motifs is 1. The quantitative estimate of drug-likeness (QED) is 0.471. The van der Waals surface area contributed by atoms with Crippen LogP contribution in [0.4, 0.5) is 11.4 Å². The van der Waals surface area contributed by atoms with E-state index in [1.165, 1.54) is 5.70 Å². The van der Waals surface area contributed by atoms with Gasteiger partial charge in [0.05, 0.1) is 43.6 Å². The Morgan fingerprint density at radius 1 is 0.632 bits per heavy atom. The van der Waals surface area contributed by atoms with E-state index < -0.39 is 5.66 Å². The highest BCUT2D eigenvalue weighted by molar-refractivity contribution is 5.79. The Morgan fingerprint density at radius 2 is 1.21 bits per heavy atom. The first kappa shape index (κ1) is 24.3. The van der Waals surface area contributed by atoms with E-state index >= 15 is 0 Å². The van der Waals surface area contributed by atoms with Crippen molar-refractivity contribution in [1.82, 2.24) is 9.80 Å². The van der Waals surface area contributed by atoms with Crippen molar-refractivity contribution in [3.8, 4) is 0 Å². The number of aliphatic hydroxyl groups is 2. The van der Waals surface area contributed by atoms with Gasteiger partial charge in [-0.3, -0.25) is 0 Å². The SMILES string of the molecule is OCCN1CN(C(c2ccccc2)(c2ccccc2)N2CN(CCO)c3ccccc32)C2=C1CC=CC=C2. The monoisotopic (exact) mass is 506 g/mol. The van der Waals surface area contributed by atoms with E-state index in [1.54, 1.807) is 0 Å². The molecule has 0 aromatic heterocycles. The molecular weight excluding hydrogens is 472 g/mol. The van der Waals surface area contributed by atoms with Gasteiger partial charge in [0.2, 0.25) is 0 Å². The van der Waals surface area contributed by atoms with Crippen molar-refractivity contribution in [2.24, 2.45) is 0 Å². The minimum absolute atomic E-state index is 0.0869. The second kappa shape index (κ2) is 10.4. The Bertz CT molecular complexity index is 1310. The second-order valence-corrected chi connectivity index (χ2v) is 9.83. The molecule has 6 rings (SSSR count). The zero-order valence-corrected chi connectivity index (χ0v) is 21.5. The number of β-amino-alcohol motifs (C(OH)–C–C–N with tert-alkyl or cyclic N) is 2. The number of para-hydroxylation sites is 2. The maximum Gasteiger partial charge on any atom is 0.169 e. The predicted octanol–water partition coefficient (Wildman–Crippen LogP) is 4.46. The molecule has 38 heavy (non-hydrogen) atoms. The van der Waals surface area contributed by atoms with Gasteiger partial charge < -0.3 is 29.8 Å². The van der Waals surface area contributed by atoms with Gasteiger partial charge in [0.1, 0.15) is 0 Å². The van der Waals surface area contributed by atoms with Crippen LogP contribution < -0.4 is 9.80 Å². The lowest BCUT2D eigenvalue weighted by Gasteiger charge is -2.51. The Balaban J connectivity index is 1.65. The van der Waals surface area contributed by atoms with Crippen molar-refractivity contribution in [2.75, 3.05) is 49.4 Å². The zero-order chi connectivity index (χ0) is 26.0. The van der Waals surface area contributed by atoms with Crippen LogP contribution >= 0.6 is 0 Å². The summed E-state index contributed by atoms with van der Waals surface area (Å²) in [6.07, 6.45) is 9.44. The molecule has 3 aromatic rings. The molecule has 0 saturated heterocycles. The molecule has 6 heteroatoms. The van der Waals surface area contributed by atoms with E-state index in [9.17, 15) is 10.2 Å². The van der Waals surface area contributed by atoms with E-state index in [4.69, 9.17) is 0 Å². The lowest BCUT2D eigenvalue weighted by Crippen LogP contribution is -2.59. The van der Waals surface area contributed by atoms with Crippen LogP contribution in [0.15, 0.2) is 121 Å². The summed E-state index contributed by atoms with van der Waals surface area (Å²) in [4.78, 5) is 9.56. The van der Waals surface area contributed by atoms with Crippen molar-refractivity contribution in [3.05, 3.63) is 132 Å². The van der Waals surface area contributed by atoms with Gasteiger partial charge >= 0.3 is 0 Å². The largest absolute Gasteiger partial charge is 0.395 e.